The third-order valence-corrected chi connectivity index (χ3v) is 4.81. The number of hydrogen-bond acceptors (Lipinski definition) is 3. The summed E-state index contributed by atoms with van der Waals surface area (Å²) in [6, 6.07) is 9.01. The second-order valence-electron chi connectivity index (χ2n) is 6.06. The number of aromatic nitrogens is 3. The SMILES string of the molecule is Cn1nccc1-n1c(Cl)cc(C(=O)NC(CN)Cc2cccc(F)c2)c1Cl. The summed E-state index contributed by atoms with van der Waals surface area (Å²) >= 11 is 12.7. The molecule has 1 aromatic carbocycles. The highest BCUT2D eigenvalue weighted by Crippen LogP contribution is 2.29. The van der Waals surface area contributed by atoms with Gasteiger partial charge in [-0.15, -0.1) is 0 Å². The number of carbonyl (C=O) groups excluding carboxylic acids is 1. The second kappa shape index (κ2) is 8.12. The number of nitrogens with one attached hydrogen (secondary N) is 1. The van der Waals surface area contributed by atoms with Crippen molar-refractivity contribution in [1.29, 1.82) is 0 Å². The summed E-state index contributed by atoms with van der Waals surface area (Å²) in [4.78, 5) is 12.7. The van der Waals surface area contributed by atoms with E-state index < -0.39 is 5.91 Å². The largest absolute Gasteiger partial charge is 0.348 e. The van der Waals surface area contributed by atoms with Gasteiger partial charge in [-0.1, -0.05) is 35.3 Å². The summed E-state index contributed by atoms with van der Waals surface area (Å²) in [7, 11) is 1.74. The molecule has 0 fully saturated rings. The Morgan fingerprint density at radius 1 is 1.33 bits per heavy atom. The number of rotatable bonds is 6. The zero-order valence-corrected chi connectivity index (χ0v) is 16.0. The van der Waals surface area contributed by atoms with E-state index in [1.165, 1.54) is 22.8 Å². The van der Waals surface area contributed by atoms with Crippen LogP contribution in [-0.2, 0) is 13.5 Å². The zero-order valence-electron chi connectivity index (χ0n) is 14.5. The summed E-state index contributed by atoms with van der Waals surface area (Å²) in [5.74, 6) is -0.119. The van der Waals surface area contributed by atoms with Crippen molar-refractivity contribution in [1.82, 2.24) is 19.7 Å². The number of nitrogens with zero attached hydrogens (tertiary/aromatic N) is 3. The molecule has 0 spiro atoms. The Kier molecular flexibility index (Phi) is 5.84. The minimum atomic E-state index is -0.408. The summed E-state index contributed by atoms with van der Waals surface area (Å²) in [5.41, 5.74) is 6.73. The molecule has 3 aromatic rings. The lowest BCUT2D eigenvalue weighted by atomic mass is 10.1. The first-order chi connectivity index (χ1) is 12.9. The zero-order chi connectivity index (χ0) is 19.6. The van der Waals surface area contributed by atoms with Gasteiger partial charge in [-0.2, -0.15) is 5.10 Å². The van der Waals surface area contributed by atoms with Gasteiger partial charge in [0, 0.05) is 25.7 Å². The quantitative estimate of drug-likeness (QED) is 0.656. The molecule has 3 rings (SSSR count). The van der Waals surface area contributed by atoms with E-state index in [4.69, 9.17) is 28.9 Å². The standard InChI is InChI=1S/C18H18Cl2FN5O/c1-25-16(5-6-23-25)26-15(19)9-14(17(26)20)18(27)24-13(10-22)8-11-3-2-4-12(21)7-11/h2-7,9,13H,8,10,22H2,1H3,(H,24,27). The Morgan fingerprint density at radius 3 is 2.74 bits per heavy atom. The molecule has 6 nitrogen and oxygen atoms in total. The molecule has 1 unspecified atom stereocenters. The maximum Gasteiger partial charge on any atom is 0.254 e. The molecule has 0 saturated carbocycles. The van der Waals surface area contributed by atoms with E-state index in [2.05, 4.69) is 10.4 Å². The fraction of sp³-hybridized carbons (Fsp3) is 0.222. The molecule has 2 aromatic heterocycles. The summed E-state index contributed by atoms with van der Waals surface area (Å²) < 4.78 is 16.5. The fourth-order valence-corrected chi connectivity index (χ4v) is 3.46. The van der Waals surface area contributed by atoms with E-state index in [1.54, 1.807) is 36.1 Å². The molecule has 1 amide bonds. The Balaban J connectivity index is 1.80. The van der Waals surface area contributed by atoms with Gasteiger partial charge < -0.3 is 11.1 Å². The highest BCUT2D eigenvalue weighted by molar-refractivity contribution is 6.36. The van der Waals surface area contributed by atoms with Crippen LogP contribution in [0.25, 0.3) is 5.82 Å². The van der Waals surface area contributed by atoms with Crippen LogP contribution in [0.2, 0.25) is 10.3 Å². The molecule has 2 heterocycles. The van der Waals surface area contributed by atoms with E-state index in [1.807, 2.05) is 0 Å². The van der Waals surface area contributed by atoms with Gasteiger partial charge >= 0.3 is 0 Å². The minimum absolute atomic E-state index is 0.169. The molecule has 0 saturated heterocycles. The van der Waals surface area contributed by atoms with Crippen LogP contribution in [0.5, 0.6) is 0 Å². The van der Waals surface area contributed by atoms with Crippen molar-refractivity contribution >= 4 is 29.1 Å². The van der Waals surface area contributed by atoms with Gasteiger partial charge in [-0.25, -0.2) is 4.39 Å². The Labute approximate surface area is 165 Å². The van der Waals surface area contributed by atoms with Crippen LogP contribution >= 0.6 is 23.2 Å². The lowest BCUT2D eigenvalue weighted by molar-refractivity contribution is 0.0938. The predicted octanol–water partition coefficient (Wildman–Crippen LogP) is 2.96. The molecule has 1 atom stereocenters. The molecule has 9 heteroatoms. The number of halogens is 3. The van der Waals surface area contributed by atoms with Crippen molar-refractivity contribution in [2.75, 3.05) is 6.54 Å². The van der Waals surface area contributed by atoms with Gasteiger partial charge in [0.2, 0.25) is 0 Å². The van der Waals surface area contributed by atoms with Crippen LogP contribution in [0.3, 0.4) is 0 Å². The molecule has 0 aliphatic rings. The monoisotopic (exact) mass is 409 g/mol. The Bertz CT molecular complexity index is 969. The van der Waals surface area contributed by atoms with Crippen molar-refractivity contribution in [3.05, 3.63) is 69.8 Å². The van der Waals surface area contributed by atoms with Crippen LogP contribution in [0.4, 0.5) is 4.39 Å². The third-order valence-electron chi connectivity index (χ3n) is 4.16. The highest BCUT2D eigenvalue weighted by atomic mass is 35.5. The van der Waals surface area contributed by atoms with E-state index in [0.29, 0.717) is 12.2 Å². The maximum absolute atomic E-state index is 13.4. The van der Waals surface area contributed by atoms with E-state index >= 15 is 0 Å². The molecule has 0 radical (unpaired) electrons. The number of benzene rings is 1. The van der Waals surface area contributed by atoms with Crippen molar-refractivity contribution in [3.8, 4) is 5.82 Å². The van der Waals surface area contributed by atoms with E-state index in [9.17, 15) is 9.18 Å². The third kappa shape index (κ3) is 4.16. The van der Waals surface area contributed by atoms with Crippen LogP contribution in [0.1, 0.15) is 15.9 Å². The predicted molar refractivity (Wildman–Crippen MR) is 103 cm³/mol. The molecule has 3 N–H and O–H groups in total. The number of nitrogens with two attached hydrogens (primary N) is 1. The van der Waals surface area contributed by atoms with E-state index in [0.717, 1.165) is 5.56 Å². The van der Waals surface area contributed by atoms with Crippen molar-refractivity contribution < 1.29 is 9.18 Å². The molecule has 0 bridgehead atoms. The van der Waals surface area contributed by atoms with Gasteiger partial charge in [0.25, 0.3) is 5.91 Å². The smallest absolute Gasteiger partial charge is 0.254 e. The second-order valence-corrected chi connectivity index (χ2v) is 6.81. The summed E-state index contributed by atoms with van der Waals surface area (Å²) in [6.07, 6.45) is 2.00. The Hall–Kier alpha value is -2.35. The Morgan fingerprint density at radius 2 is 2.11 bits per heavy atom. The van der Waals surface area contributed by atoms with Crippen LogP contribution in [0.15, 0.2) is 42.6 Å². The normalized spacial score (nSPS) is 12.2. The van der Waals surface area contributed by atoms with Crippen molar-refractivity contribution in [2.24, 2.45) is 12.8 Å². The fourth-order valence-electron chi connectivity index (χ4n) is 2.82. The van der Waals surface area contributed by atoms with Gasteiger partial charge in [0.1, 0.15) is 21.9 Å². The topological polar surface area (TPSA) is 77.9 Å². The first-order valence-electron chi connectivity index (χ1n) is 8.21. The highest BCUT2D eigenvalue weighted by Gasteiger charge is 2.22. The summed E-state index contributed by atoms with van der Waals surface area (Å²) in [6.45, 7) is 0.191. The lowest BCUT2D eigenvalue weighted by Gasteiger charge is -2.17. The summed E-state index contributed by atoms with van der Waals surface area (Å²) in [5, 5.41) is 7.35. The molecule has 0 aliphatic heterocycles. The number of hydrogen-bond donors (Lipinski definition) is 2. The van der Waals surface area contributed by atoms with Crippen molar-refractivity contribution in [2.45, 2.75) is 12.5 Å². The molecule has 0 aliphatic carbocycles. The number of aryl methyl sites for hydroxylation is 1. The van der Waals surface area contributed by atoms with Gasteiger partial charge in [-0.3, -0.25) is 14.0 Å². The van der Waals surface area contributed by atoms with Gasteiger partial charge in [0.15, 0.2) is 0 Å². The molecule has 27 heavy (non-hydrogen) atoms. The minimum Gasteiger partial charge on any atom is -0.348 e. The van der Waals surface area contributed by atoms with Crippen LogP contribution in [-0.4, -0.2) is 32.8 Å². The van der Waals surface area contributed by atoms with E-state index in [-0.39, 0.29) is 34.3 Å². The number of amides is 1. The van der Waals surface area contributed by atoms with Crippen molar-refractivity contribution in [3.63, 3.8) is 0 Å². The average molecular weight is 410 g/mol. The molecular weight excluding hydrogens is 392 g/mol. The maximum atomic E-state index is 13.4. The average Bonchev–Trinajstić information content (AvgIpc) is 3.16. The van der Waals surface area contributed by atoms with Crippen LogP contribution < -0.4 is 11.1 Å². The molecule has 142 valence electrons. The van der Waals surface area contributed by atoms with Gasteiger partial charge in [-0.05, 0) is 30.2 Å². The first kappa shape index (κ1) is 19.4. The number of carbonyl (C=O) groups is 1. The van der Waals surface area contributed by atoms with Crippen LogP contribution in [0, 0.1) is 5.82 Å². The molecular formula is C18H18Cl2FN5O. The van der Waals surface area contributed by atoms with Gasteiger partial charge in [0.05, 0.1) is 11.8 Å². The first-order valence-corrected chi connectivity index (χ1v) is 8.96. The lowest BCUT2D eigenvalue weighted by Crippen LogP contribution is -2.41.